The largest absolute Gasteiger partial charge is 0.383 e. The molecule has 1 aliphatic carbocycles. The van der Waals surface area contributed by atoms with Crippen LogP contribution in [0.5, 0.6) is 0 Å². The van der Waals surface area contributed by atoms with Gasteiger partial charge in [0.2, 0.25) is 0 Å². The lowest BCUT2D eigenvalue weighted by atomic mass is 9.85. The number of nitrogens with one attached hydrogen (secondary N) is 1. The van der Waals surface area contributed by atoms with E-state index in [4.69, 9.17) is 4.74 Å². The molecule has 2 atom stereocenters. The van der Waals surface area contributed by atoms with Crippen molar-refractivity contribution in [3.05, 3.63) is 88.7 Å². The van der Waals surface area contributed by atoms with Crippen LogP contribution in [0.15, 0.2) is 60.8 Å². The lowest BCUT2D eigenvalue weighted by molar-refractivity contribution is 0.176. The van der Waals surface area contributed by atoms with Crippen LogP contribution < -0.4 is 5.32 Å². The van der Waals surface area contributed by atoms with Gasteiger partial charge in [-0.3, -0.25) is 4.68 Å². The van der Waals surface area contributed by atoms with E-state index in [9.17, 15) is 4.79 Å². The Morgan fingerprint density at radius 2 is 1.94 bits per heavy atom. The Morgan fingerprint density at radius 3 is 2.78 bits per heavy atom. The predicted octanol–water partition coefficient (Wildman–Crippen LogP) is 4.26. The zero-order valence-corrected chi connectivity index (χ0v) is 18.5. The fourth-order valence-corrected chi connectivity index (χ4v) is 5.13. The number of carbonyl (C=O) groups is 1. The number of amides is 2. The van der Waals surface area contributed by atoms with Crippen molar-refractivity contribution < 1.29 is 9.53 Å². The van der Waals surface area contributed by atoms with Gasteiger partial charge in [-0.25, -0.2) is 4.79 Å². The van der Waals surface area contributed by atoms with Gasteiger partial charge in [-0.1, -0.05) is 54.6 Å². The average molecular weight is 431 g/mol. The first-order chi connectivity index (χ1) is 15.7. The van der Waals surface area contributed by atoms with Crippen LogP contribution >= 0.6 is 0 Å². The molecule has 0 saturated carbocycles. The number of nitrogens with zero attached hydrogens (tertiary/aromatic N) is 3. The first-order valence-electron chi connectivity index (χ1n) is 11.5. The first-order valence-corrected chi connectivity index (χ1v) is 11.5. The molecule has 2 aliphatic rings. The van der Waals surface area contributed by atoms with Crippen molar-refractivity contribution in [1.29, 1.82) is 0 Å². The van der Waals surface area contributed by atoms with E-state index in [0.717, 1.165) is 25.0 Å². The molecule has 0 radical (unpaired) electrons. The Morgan fingerprint density at radius 1 is 1.12 bits per heavy atom. The number of rotatable bonds is 5. The van der Waals surface area contributed by atoms with Crippen molar-refractivity contribution >= 4 is 6.03 Å². The van der Waals surface area contributed by atoms with Gasteiger partial charge < -0.3 is 15.0 Å². The molecule has 0 bridgehead atoms. The van der Waals surface area contributed by atoms with Gasteiger partial charge in [-0.05, 0) is 41.5 Å². The van der Waals surface area contributed by atoms with Gasteiger partial charge in [-0.15, -0.1) is 0 Å². The van der Waals surface area contributed by atoms with E-state index in [2.05, 4.69) is 58.9 Å². The molecular weight excluding hydrogens is 400 g/mol. The second-order valence-corrected chi connectivity index (χ2v) is 8.71. The van der Waals surface area contributed by atoms with E-state index in [-0.39, 0.29) is 18.0 Å². The van der Waals surface area contributed by atoms with Gasteiger partial charge >= 0.3 is 6.03 Å². The lowest BCUT2D eigenvalue weighted by Gasteiger charge is -2.36. The summed E-state index contributed by atoms with van der Waals surface area (Å²) in [6.07, 6.45) is 4.96. The third kappa shape index (κ3) is 4.02. The molecule has 0 spiro atoms. The number of benzene rings is 2. The highest BCUT2D eigenvalue weighted by Gasteiger charge is 2.32. The third-order valence-electron chi connectivity index (χ3n) is 6.72. The number of ether oxygens (including phenoxy) is 1. The number of hydrogen-bond acceptors (Lipinski definition) is 3. The van der Waals surface area contributed by atoms with Crippen LogP contribution in [0.3, 0.4) is 0 Å². The Balaban J connectivity index is 1.38. The van der Waals surface area contributed by atoms with E-state index in [1.807, 2.05) is 21.8 Å². The SMILES string of the molecule is COCCn1ncc2c1C(NC(=O)N1Cc3ccccc3C(c3ccccc3)C1)CCC2. The minimum Gasteiger partial charge on any atom is -0.383 e. The fraction of sp³-hybridized carbons (Fsp3) is 0.385. The standard InChI is InChI=1S/C26H30N4O2/c1-32-15-14-30-25-20(16-27-30)11-7-13-24(25)28-26(31)29-17-21-10-5-6-12-22(21)23(18-29)19-8-3-2-4-9-19/h2-6,8-10,12,16,23-24H,7,11,13-15,17-18H2,1H3,(H,28,31). The normalized spacial score (nSPS) is 19.8. The van der Waals surface area contributed by atoms with Crippen molar-refractivity contribution in [1.82, 2.24) is 20.0 Å². The number of hydrogen-bond donors (Lipinski definition) is 1. The summed E-state index contributed by atoms with van der Waals surface area (Å²) in [5.74, 6) is 0.182. The van der Waals surface area contributed by atoms with Gasteiger partial charge in [0.1, 0.15) is 0 Å². The predicted molar refractivity (Wildman–Crippen MR) is 123 cm³/mol. The molecule has 5 rings (SSSR count). The van der Waals surface area contributed by atoms with E-state index in [1.165, 1.54) is 22.3 Å². The van der Waals surface area contributed by atoms with Crippen LogP contribution in [-0.2, 0) is 24.2 Å². The van der Waals surface area contributed by atoms with Crippen molar-refractivity contribution in [2.45, 2.75) is 44.3 Å². The topological polar surface area (TPSA) is 59.4 Å². The summed E-state index contributed by atoms with van der Waals surface area (Å²) >= 11 is 0. The molecule has 2 unspecified atom stereocenters. The van der Waals surface area contributed by atoms with Gasteiger partial charge in [0.05, 0.1) is 31.1 Å². The second-order valence-electron chi connectivity index (χ2n) is 8.71. The molecule has 1 N–H and O–H groups in total. The molecule has 2 heterocycles. The minimum atomic E-state index is -0.0158. The highest BCUT2D eigenvalue weighted by Crippen LogP contribution is 2.34. The average Bonchev–Trinajstić information content (AvgIpc) is 3.26. The van der Waals surface area contributed by atoms with E-state index >= 15 is 0 Å². The van der Waals surface area contributed by atoms with E-state index in [1.54, 1.807) is 7.11 Å². The summed E-state index contributed by atoms with van der Waals surface area (Å²) in [6.45, 7) is 2.62. The highest BCUT2D eigenvalue weighted by atomic mass is 16.5. The zero-order valence-electron chi connectivity index (χ0n) is 18.5. The van der Waals surface area contributed by atoms with Gasteiger partial charge in [0.25, 0.3) is 0 Å². The summed E-state index contributed by atoms with van der Waals surface area (Å²) in [5, 5.41) is 7.89. The molecule has 0 saturated heterocycles. The van der Waals surface area contributed by atoms with Crippen LogP contribution in [0.2, 0.25) is 0 Å². The van der Waals surface area contributed by atoms with Crippen molar-refractivity contribution in [3.63, 3.8) is 0 Å². The Kier molecular flexibility index (Phi) is 5.95. The third-order valence-corrected chi connectivity index (χ3v) is 6.72. The fourth-order valence-electron chi connectivity index (χ4n) is 5.13. The van der Waals surface area contributed by atoms with Gasteiger partial charge in [-0.2, -0.15) is 5.10 Å². The summed E-state index contributed by atoms with van der Waals surface area (Å²) in [6, 6.07) is 19.0. The summed E-state index contributed by atoms with van der Waals surface area (Å²) in [4.78, 5) is 15.4. The molecule has 0 fully saturated rings. The smallest absolute Gasteiger partial charge is 0.318 e. The monoisotopic (exact) mass is 430 g/mol. The van der Waals surface area contributed by atoms with Crippen LogP contribution in [0.25, 0.3) is 0 Å². The van der Waals surface area contributed by atoms with Gasteiger partial charge in [0, 0.05) is 26.1 Å². The number of aromatic nitrogens is 2. The van der Waals surface area contributed by atoms with E-state index < -0.39 is 0 Å². The number of methoxy groups -OCH3 is 1. The van der Waals surface area contributed by atoms with Crippen LogP contribution in [0, 0.1) is 0 Å². The molecule has 166 valence electrons. The quantitative estimate of drug-likeness (QED) is 0.658. The van der Waals surface area contributed by atoms with Crippen LogP contribution in [-0.4, -0.2) is 41.0 Å². The molecular formula is C26H30N4O2. The molecule has 2 amide bonds. The maximum atomic E-state index is 13.5. The van der Waals surface area contributed by atoms with E-state index in [0.29, 0.717) is 26.2 Å². The molecule has 1 aliphatic heterocycles. The number of fused-ring (bicyclic) bond motifs is 2. The summed E-state index contributed by atoms with van der Waals surface area (Å²) in [5.41, 5.74) is 6.16. The van der Waals surface area contributed by atoms with Crippen molar-refractivity contribution in [2.75, 3.05) is 20.3 Å². The molecule has 3 aromatic rings. The minimum absolute atomic E-state index is 0.00206. The molecule has 1 aromatic heterocycles. The molecule has 6 nitrogen and oxygen atoms in total. The maximum Gasteiger partial charge on any atom is 0.318 e. The Labute approximate surface area is 189 Å². The Hall–Kier alpha value is -3.12. The molecule has 6 heteroatoms. The number of aryl methyl sites for hydroxylation is 1. The Bertz CT molecular complexity index is 1080. The van der Waals surface area contributed by atoms with Crippen molar-refractivity contribution in [2.24, 2.45) is 0 Å². The highest BCUT2D eigenvalue weighted by molar-refractivity contribution is 5.75. The summed E-state index contributed by atoms with van der Waals surface area (Å²) < 4.78 is 7.25. The molecule has 32 heavy (non-hydrogen) atoms. The second kappa shape index (κ2) is 9.17. The zero-order chi connectivity index (χ0) is 21.9. The van der Waals surface area contributed by atoms with Crippen molar-refractivity contribution in [3.8, 4) is 0 Å². The number of urea groups is 1. The van der Waals surface area contributed by atoms with Gasteiger partial charge in [0.15, 0.2) is 0 Å². The molecule has 2 aromatic carbocycles. The maximum absolute atomic E-state index is 13.5. The summed E-state index contributed by atoms with van der Waals surface area (Å²) in [7, 11) is 1.70. The van der Waals surface area contributed by atoms with Crippen LogP contribution in [0.1, 0.15) is 52.7 Å². The first kappa shape index (κ1) is 20.8. The van der Waals surface area contributed by atoms with Crippen LogP contribution in [0.4, 0.5) is 4.79 Å². The lowest BCUT2D eigenvalue weighted by Crippen LogP contribution is -2.46. The number of carbonyl (C=O) groups excluding carboxylic acids is 1.